The molecule has 0 fully saturated rings. The third kappa shape index (κ3) is 6.61. The fourth-order valence-electron chi connectivity index (χ4n) is 9.61. The summed E-state index contributed by atoms with van der Waals surface area (Å²) < 4.78 is 2.42. The van der Waals surface area contributed by atoms with E-state index in [0.29, 0.717) is 0 Å². The van der Waals surface area contributed by atoms with Crippen molar-refractivity contribution in [1.29, 1.82) is 0 Å². The molecular weight excluding hydrogens is 773 g/mol. The Bertz CT molecular complexity index is 3600. The molecule has 2 heteroatoms. The van der Waals surface area contributed by atoms with Crippen molar-refractivity contribution in [3.05, 3.63) is 255 Å². The number of hydrogen-bond donors (Lipinski definition) is 0. The van der Waals surface area contributed by atoms with E-state index in [1.807, 2.05) is 0 Å². The van der Waals surface area contributed by atoms with Crippen LogP contribution in [0.15, 0.2) is 255 Å². The molecule has 0 saturated carbocycles. The summed E-state index contributed by atoms with van der Waals surface area (Å²) in [5, 5.41) is 7.42. The minimum absolute atomic E-state index is 1.07. The van der Waals surface area contributed by atoms with Crippen molar-refractivity contribution in [2.45, 2.75) is 0 Å². The summed E-state index contributed by atoms with van der Waals surface area (Å²) in [5.41, 5.74) is 16.2. The van der Waals surface area contributed by atoms with Crippen molar-refractivity contribution in [2.75, 3.05) is 4.90 Å². The van der Waals surface area contributed by atoms with Crippen molar-refractivity contribution in [2.24, 2.45) is 0 Å². The Hall–Kier alpha value is -8.46. The molecule has 11 aromatic carbocycles. The normalized spacial score (nSPS) is 11.4. The van der Waals surface area contributed by atoms with E-state index < -0.39 is 0 Å². The zero-order chi connectivity index (χ0) is 42.4. The van der Waals surface area contributed by atoms with Crippen molar-refractivity contribution in [3.8, 4) is 50.2 Å². The second-order valence-electron chi connectivity index (χ2n) is 16.5. The minimum atomic E-state index is 1.07. The third-order valence-electron chi connectivity index (χ3n) is 12.8. The largest absolute Gasteiger partial charge is 0.310 e. The Balaban J connectivity index is 1.05. The maximum atomic E-state index is 2.44. The van der Waals surface area contributed by atoms with Crippen LogP contribution >= 0.6 is 0 Å². The first kappa shape index (κ1) is 37.3. The molecule has 0 atom stereocenters. The van der Waals surface area contributed by atoms with Gasteiger partial charge in [-0.25, -0.2) is 0 Å². The van der Waals surface area contributed by atoms with Crippen LogP contribution in [0.2, 0.25) is 0 Å². The van der Waals surface area contributed by atoms with E-state index in [9.17, 15) is 0 Å². The number of anilines is 3. The van der Waals surface area contributed by atoms with Crippen LogP contribution in [0.4, 0.5) is 17.1 Å². The van der Waals surface area contributed by atoms with Crippen molar-refractivity contribution < 1.29 is 0 Å². The number of nitrogens with zero attached hydrogens (tertiary/aromatic N) is 2. The van der Waals surface area contributed by atoms with Crippen LogP contribution in [-0.2, 0) is 0 Å². The standard InChI is InChI=1S/C62H42N2/c1-2-14-43(15-3-1)46-30-35-53(36-31-46)63(54-37-32-47(33-38-54)55-20-8-11-23-59(55)64-60-24-12-9-21-57(60)58-22-10-13-25-61(58)64)62-42-51(50-28-26-44-16-4-6-18-48(44)40-50)34-39-56(62)52-29-27-45-17-5-7-19-49(45)41-52/h1-42H. The molecule has 12 aromatic rings. The van der Waals surface area contributed by atoms with Gasteiger partial charge in [0.25, 0.3) is 0 Å². The molecule has 64 heavy (non-hydrogen) atoms. The van der Waals surface area contributed by atoms with Crippen molar-refractivity contribution in [1.82, 2.24) is 4.57 Å². The summed E-state index contributed by atoms with van der Waals surface area (Å²) in [6.07, 6.45) is 0. The summed E-state index contributed by atoms with van der Waals surface area (Å²) >= 11 is 0. The minimum Gasteiger partial charge on any atom is -0.310 e. The fraction of sp³-hybridized carbons (Fsp3) is 0. The quantitative estimate of drug-likeness (QED) is 0.148. The van der Waals surface area contributed by atoms with Crippen LogP contribution in [0.1, 0.15) is 0 Å². The first-order chi connectivity index (χ1) is 31.7. The van der Waals surface area contributed by atoms with E-state index in [2.05, 4.69) is 264 Å². The summed E-state index contributed by atoms with van der Waals surface area (Å²) in [4.78, 5) is 2.44. The Morgan fingerprint density at radius 1 is 0.266 bits per heavy atom. The Morgan fingerprint density at radius 3 is 1.38 bits per heavy atom. The van der Waals surface area contributed by atoms with Crippen LogP contribution < -0.4 is 4.90 Å². The number of fused-ring (bicyclic) bond motifs is 5. The van der Waals surface area contributed by atoms with Gasteiger partial charge in [-0.3, -0.25) is 0 Å². The molecule has 0 N–H and O–H groups in total. The van der Waals surface area contributed by atoms with Gasteiger partial charge >= 0.3 is 0 Å². The van der Waals surface area contributed by atoms with E-state index in [1.54, 1.807) is 0 Å². The SMILES string of the molecule is c1ccc(-c2ccc(N(c3ccc(-c4ccccc4-n4c5ccccc5c5ccccc54)cc3)c3cc(-c4ccc5ccccc5c4)ccc3-c3ccc4ccccc4c3)cc2)cc1. The Kier molecular flexibility index (Phi) is 9.20. The van der Waals surface area contributed by atoms with Gasteiger partial charge in [-0.1, -0.05) is 194 Å². The highest BCUT2D eigenvalue weighted by Crippen LogP contribution is 2.45. The molecule has 0 aliphatic heterocycles. The fourth-order valence-corrected chi connectivity index (χ4v) is 9.61. The first-order valence-electron chi connectivity index (χ1n) is 22.0. The van der Waals surface area contributed by atoms with E-state index in [1.165, 1.54) is 71.2 Å². The maximum absolute atomic E-state index is 2.44. The molecule has 0 bridgehead atoms. The van der Waals surface area contributed by atoms with Crippen LogP contribution in [-0.4, -0.2) is 4.57 Å². The predicted molar refractivity (Wildman–Crippen MR) is 272 cm³/mol. The highest BCUT2D eigenvalue weighted by Gasteiger charge is 2.21. The number of rotatable bonds is 8. The average Bonchev–Trinajstić information content (AvgIpc) is 3.71. The number of aromatic nitrogens is 1. The first-order valence-corrected chi connectivity index (χ1v) is 22.0. The van der Waals surface area contributed by atoms with Crippen LogP contribution in [0.25, 0.3) is 93.5 Å². The van der Waals surface area contributed by atoms with Gasteiger partial charge in [0.15, 0.2) is 0 Å². The highest BCUT2D eigenvalue weighted by atomic mass is 15.1. The monoisotopic (exact) mass is 814 g/mol. The van der Waals surface area contributed by atoms with Crippen molar-refractivity contribution >= 4 is 60.4 Å². The Morgan fingerprint density at radius 2 is 0.719 bits per heavy atom. The number of hydrogen-bond acceptors (Lipinski definition) is 1. The molecule has 0 amide bonds. The van der Waals surface area contributed by atoms with Gasteiger partial charge in [-0.05, 0) is 116 Å². The molecule has 0 spiro atoms. The molecule has 0 unspecified atom stereocenters. The molecule has 0 aliphatic rings. The zero-order valence-electron chi connectivity index (χ0n) is 35.1. The predicted octanol–water partition coefficient (Wildman–Crippen LogP) is 17.2. The maximum Gasteiger partial charge on any atom is 0.0546 e. The van der Waals surface area contributed by atoms with Crippen LogP contribution in [0, 0.1) is 0 Å². The third-order valence-corrected chi connectivity index (χ3v) is 12.8. The second kappa shape index (κ2) is 15.8. The molecular formula is C62H42N2. The number of para-hydroxylation sites is 3. The van der Waals surface area contributed by atoms with Gasteiger partial charge in [0.1, 0.15) is 0 Å². The van der Waals surface area contributed by atoms with E-state index in [4.69, 9.17) is 0 Å². The van der Waals surface area contributed by atoms with Crippen molar-refractivity contribution in [3.63, 3.8) is 0 Å². The molecule has 0 saturated heterocycles. The smallest absolute Gasteiger partial charge is 0.0546 e. The molecule has 0 aliphatic carbocycles. The molecule has 1 aromatic heterocycles. The van der Waals surface area contributed by atoms with Gasteiger partial charge in [0.05, 0.1) is 22.4 Å². The highest BCUT2D eigenvalue weighted by molar-refractivity contribution is 6.10. The van der Waals surface area contributed by atoms with Gasteiger partial charge in [-0.2, -0.15) is 0 Å². The summed E-state index contributed by atoms with van der Waals surface area (Å²) in [5.74, 6) is 0. The average molecular weight is 815 g/mol. The summed E-state index contributed by atoms with van der Waals surface area (Å²) in [6.45, 7) is 0. The Labute approximate surface area is 373 Å². The van der Waals surface area contributed by atoms with Gasteiger partial charge in [0.2, 0.25) is 0 Å². The second-order valence-corrected chi connectivity index (χ2v) is 16.5. The van der Waals surface area contributed by atoms with Gasteiger partial charge in [0, 0.05) is 33.3 Å². The summed E-state index contributed by atoms with van der Waals surface area (Å²) in [7, 11) is 0. The lowest BCUT2D eigenvalue weighted by Crippen LogP contribution is -2.11. The lowest BCUT2D eigenvalue weighted by molar-refractivity contribution is 1.18. The molecule has 1 heterocycles. The lowest BCUT2D eigenvalue weighted by atomic mass is 9.94. The van der Waals surface area contributed by atoms with Crippen LogP contribution in [0.3, 0.4) is 0 Å². The topological polar surface area (TPSA) is 8.17 Å². The zero-order valence-corrected chi connectivity index (χ0v) is 35.1. The molecule has 12 rings (SSSR count). The number of benzene rings is 11. The van der Waals surface area contributed by atoms with E-state index in [-0.39, 0.29) is 0 Å². The van der Waals surface area contributed by atoms with E-state index >= 15 is 0 Å². The molecule has 2 nitrogen and oxygen atoms in total. The van der Waals surface area contributed by atoms with Gasteiger partial charge in [-0.15, -0.1) is 0 Å². The molecule has 0 radical (unpaired) electrons. The molecule has 300 valence electrons. The van der Waals surface area contributed by atoms with Crippen LogP contribution in [0.5, 0.6) is 0 Å². The lowest BCUT2D eigenvalue weighted by Gasteiger charge is -2.29. The van der Waals surface area contributed by atoms with Gasteiger partial charge < -0.3 is 9.47 Å². The summed E-state index contributed by atoms with van der Waals surface area (Å²) in [6, 6.07) is 92.9. The van der Waals surface area contributed by atoms with E-state index in [0.717, 1.165) is 39.4 Å².